The van der Waals surface area contributed by atoms with Crippen molar-refractivity contribution in [2.75, 3.05) is 0 Å². The summed E-state index contributed by atoms with van der Waals surface area (Å²) < 4.78 is 16.7. The molecular weight excluding hydrogens is 945 g/mol. The summed E-state index contributed by atoms with van der Waals surface area (Å²) in [5.41, 5.74) is 9.78. The summed E-state index contributed by atoms with van der Waals surface area (Å²) in [4.78, 5) is 0. The Morgan fingerprint density at radius 3 is 0.797 bits per heavy atom. The van der Waals surface area contributed by atoms with Crippen LogP contribution in [0.1, 0.15) is 114 Å². The third-order valence-corrected chi connectivity index (χ3v) is 25.1. The second-order valence-electron chi connectivity index (χ2n) is 19.2. The molecule has 0 fully saturated rings. The highest BCUT2D eigenvalue weighted by atomic mass is 79.9. The summed E-state index contributed by atoms with van der Waals surface area (Å²) >= 11 is 7.24. The molecule has 2 nitrogen and oxygen atoms in total. The fraction of sp³-hybridized carbons (Fsp3) is 0.414. The van der Waals surface area contributed by atoms with Crippen LogP contribution in [0, 0.1) is 11.8 Å². The van der Waals surface area contributed by atoms with E-state index in [1.165, 1.54) is 44.5 Å². The molecule has 5 aromatic rings. The Hall–Kier alpha value is -3.11. The van der Waals surface area contributed by atoms with Gasteiger partial charge in [0, 0.05) is 8.95 Å². The van der Waals surface area contributed by atoms with Crippen LogP contribution in [0.15, 0.2) is 130 Å². The van der Waals surface area contributed by atoms with E-state index >= 15 is 0 Å². The summed E-state index contributed by atoms with van der Waals surface area (Å²) in [6.45, 7) is 23.3. The minimum absolute atomic E-state index is 0.226. The minimum atomic E-state index is -1.79. The SMILES string of the molecule is CC[Si](CC)(CC)OC(C)(C)C(Cc1ccc(Br)cc1)Cc1ccc(/C=C/c2ccc(/C=C/c3ccc(CC(Cc4ccc(Br)cc4)C(C)(C)O[Si](CC)(CC)CC)cc3)cc2)cc1. The first-order valence-corrected chi connectivity index (χ1v) is 30.8. The first-order valence-electron chi connectivity index (χ1n) is 24.1. The van der Waals surface area contributed by atoms with Crippen LogP contribution in [-0.4, -0.2) is 27.8 Å². The Kier molecular flexibility index (Phi) is 19.5. The van der Waals surface area contributed by atoms with Gasteiger partial charge >= 0.3 is 0 Å². The van der Waals surface area contributed by atoms with Gasteiger partial charge in [0.2, 0.25) is 0 Å². The lowest BCUT2D eigenvalue weighted by Crippen LogP contribution is -2.49. The second-order valence-corrected chi connectivity index (χ2v) is 30.4. The minimum Gasteiger partial charge on any atom is -0.412 e. The highest BCUT2D eigenvalue weighted by Gasteiger charge is 2.41. The van der Waals surface area contributed by atoms with Crippen molar-refractivity contribution in [3.63, 3.8) is 0 Å². The Bertz CT molecular complexity index is 2020. The van der Waals surface area contributed by atoms with Gasteiger partial charge < -0.3 is 8.85 Å². The molecule has 0 saturated carbocycles. The second kappa shape index (κ2) is 24.1. The van der Waals surface area contributed by atoms with Gasteiger partial charge in [0.15, 0.2) is 16.6 Å². The van der Waals surface area contributed by atoms with Gasteiger partial charge in [0.05, 0.1) is 11.2 Å². The maximum absolute atomic E-state index is 7.23. The number of rotatable bonds is 24. The average Bonchev–Trinajstić information content (AvgIpc) is 3.30. The van der Waals surface area contributed by atoms with E-state index in [-0.39, 0.29) is 11.2 Å². The van der Waals surface area contributed by atoms with Crippen molar-refractivity contribution >= 4 is 72.8 Å². The maximum Gasteiger partial charge on any atom is 0.192 e. The third-order valence-electron chi connectivity index (χ3n) is 14.4. The van der Waals surface area contributed by atoms with E-state index in [0.29, 0.717) is 11.8 Å². The van der Waals surface area contributed by atoms with Crippen LogP contribution in [0.4, 0.5) is 0 Å². The van der Waals surface area contributed by atoms with Crippen LogP contribution in [0.25, 0.3) is 24.3 Å². The lowest BCUT2D eigenvalue weighted by Gasteiger charge is -2.43. The maximum atomic E-state index is 7.23. The van der Waals surface area contributed by atoms with Gasteiger partial charge in [-0.2, -0.15) is 0 Å². The van der Waals surface area contributed by atoms with Gasteiger partial charge in [-0.1, -0.05) is 195 Å². The predicted octanol–water partition coefficient (Wildman–Crippen LogP) is 18.0. The Morgan fingerprint density at radius 1 is 0.375 bits per heavy atom. The molecule has 2 unspecified atom stereocenters. The molecule has 0 aliphatic rings. The zero-order chi connectivity index (χ0) is 46.4. The van der Waals surface area contributed by atoms with Gasteiger partial charge in [0.1, 0.15) is 0 Å². The van der Waals surface area contributed by atoms with E-state index in [1.807, 2.05) is 0 Å². The van der Waals surface area contributed by atoms with Crippen molar-refractivity contribution in [3.8, 4) is 0 Å². The van der Waals surface area contributed by atoms with Gasteiger partial charge in [-0.3, -0.25) is 0 Å². The van der Waals surface area contributed by atoms with Crippen molar-refractivity contribution in [1.82, 2.24) is 0 Å². The van der Waals surface area contributed by atoms with Crippen LogP contribution < -0.4 is 0 Å². The molecule has 342 valence electrons. The third kappa shape index (κ3) is 15.0. The first kappa shape index (κ1) is 51.9. The summed E-state index contributed by atoms with van der Waals surface area (Å²) in [5.74, 6) is 0.716. The first-order chi connectivity index (χ1) is 30.6. The molecule has 0 amide bonds. The van der Waals surface area contributed by atoms with E-state index in [2.05, 4.69) is 247 Å². The zero-order valence-corrected chi connectivity index (χ0v) is 45.8. The van der Waals surface area contributed by atoms with Crippen molar-refractivity contribution in [2.45, 2.75) is 142 Å². The van der Waals surface area contributed by atoms with Crippen molar-refractivity contribution in [3.05, 3.63) is 175 Å². The molecule has 0 saturated heterocycles. The van der Waals surface area contributed by atoms with Crippen LogP contribution in [0.5, 0.6) is 0 Å². The fourth-order valence-corrected chi connectivity index (χ4v) is 16.3. The summed E-state index contributed by atoms with van der Waals surface area (Å²) in [6.07, 6.45) is 12.8. The van der Waals surface area contributed by atoms with Crippen LogP contribution in [-0.2, 0) is 34.5 Å². The number of halogens is 2. The van der Waals surface area contributed by atoms with Crippen LogP contribution in [0.2, 0.25) is 36.3 Å². The Morgan fingerprint density at radius 2 is 0.578 bits per heavy atom. The molecule has 64 heavy (non-hydrogen) atoms. The van der Waals surface area contributed by atoms with Crippen molar-refractivity contribution in [1.29, 1.82) is 0 Å². The molecular formula is C58H76Br2O2Si2. The molecule has 5 rings (SSSR count). The zero-order valence-electron chi connectivity index (χ0n) is 40.7. The van der Waals surface area contributed by atoms with E-state index < -0.39 is 16.6 Å². The van der Waals surface area contributed by atoms with Gasteiger partial charge in [-0.25, -0.2) is 0 Å². The van der Waals surface area contributed by atoms with Gasteiger partial charge in [-0.05, 0) is 170 Å². The average molecular weight is 1020 g/mol. The largest absolute Gasteiger partial charge is 0.412 e. The van der Waals surface area contributed by atoms with E-state index in [0.717, 1.165) is 70.9 Å². The molecule has 0 bridgehead atoms. The molecule has 0 heterocycles. The smallest absolute Gasteiger partial charge is 0.192 e. The Balaban J connectivity index is 1.21. The fourth-order valence-electron chi connectivity index (χ4n) is 9.36. The lowest BCUT2D eigenvalue weighted by molar-refractivity contribution is 0.0312. The monoisotopic (exact) mass is 1020 g/mol. The van der Waals surface area contributed by atoms with Crippen molar-refractivity contribution < 1.29 is 8.85 Å². The van der Waals surface area contributed by atoms with E-state index in [9.17, 15) is 0 Å². The number of hydrogen-bond acceptors (Lipinski definition) is 2. The van der Waals surface area contributed by atoms with Gasteiger partial charge in [0.25, 0.3) is 0 Å². The highest BCUT2D eigenvalue weighted by molar-refractivity contribution is 9.10. The molecule has 6 heteroatoms. The summed E-state index contributed by atoms with van der Waals surface area (Å²) in [6, 6.07) is 51.7. The van der Waals surface area contributed by atoms with Gasteiger partial charge in [-0.15, -0.1) is 0 Å². The standard InChI is InChI=1S/C58H76Br2O2Si2/c1-11-63(12-2,13-3)61-57(7,8)53(43-51-33-37-55(59)38-34-51)41-49-29-25-47(26-30-49)23-21-45-17-19-46(20-18-45)22-24-48-27-31-50(32-28-48)42-54(44-52-35-39-56(60)40-36-52)58(9,10)62-64(14-4,15-5)16-6/h17-40,53-54H,11-16,41-44H2,1-10H3/b23-21+,24-22+. The van der Waals surface area contributed by atoms with Crippen LogP contribution in [0.3, 0.4) is 0 Å². The molecule has 0 aliphatic heterocycles. The van der Waals surface area contributed by atoms with Crippen LogP contribution >= 0.6 is 31.9 Å². The normalized spacial score (nSPS) is 13.8. The molecule has 0 aliphatic carbocycles. The van der Waals surface area contributed by atoms with Crippen molar-refractivity contribution in [2.24, 2.45) is 11.8 Å². The molecule has 0 spiro atoms. The molecule has 2 atom stereocenters. The number of benzene rings is 5. The predicted molar refractivity (Wildman–Crippen MR) is 292 cm³/mol. The molecule has 5 aromatic carbocycles. The number of hydrogen-bond donors (Lipinski definition) is 0. The molecule has 0 aromatic heterocycles. The Labute approximate surface area is 407 Å². The van der Waals surface area contributed by atoms with E-state index in [1.54, 1.807) is 0 Å². The quantitative estimate of drug-likeness (QED) is 0.0453. The molecule has 0 N–H and O–H groups in total. The lowest BCUT2D eigenvalue weighted by atomic mass is 9.81. The summed E-state index contributed by atoms with van der Waals surface area (Å²) in [7, 11) is -3.58. The highest BCUT2D eigenvalue weighted by Crippen LogP contribution is 2.37. The molecule has 0 radical (unpaired) electrons. The topological polar surface area (TPSA) is 18.5 Å². The summed E-state index contributed by atoms with van der Waals surface area (Å²) in [5, 5.41) is 0. The van der Waals surface area contributed by atoms with E-state index in [4.69, 9.17) is 8.85 Å².